The van der Waals surface area contributed by atoms with Gasteiger partial charge in [-0.1, -0.05) is 0 Å². The first kappa shape index (κ1) is 13.2. The summed E-state index contributed by atoms with van der Waals surface area (Å²) in [7, 11) is 1.56. The Morgan fingerprint density at radius 2 is 2.27 bits per heavy atom. The van der Waals surface area contributed by atoms with E-state index in [0.29, 0.717) is 5.25 Å². The third-order valence-corrected chi connectivity index (χ3v) is 5.28. The van der Waals surface area contributed by atoms with Gasteiger partial charge >= 0.3 is 0 Å². The SMILES string of the molecule is COC(C)(C)C(=O)NCC1CSCCS1. The largest absolute Gasteiger partial charge is 0.369 e. The topological polar surface area (TPSA) is 38.3 Å². The van der Waals surface area contributed by atoms with E-state index in [0.717, 1.165) is 12.3 Å². The summed E-state index contributed by atoms with van der Waals surface area (Å²) in [6.45, 7) is 4.32. The molecule has 1 aliphatic heterocycles. The normalized spacial score (nSPS) is 22.5. The number of amides is 1. The van der Waals surface area contributed by atoms with E-state index >= 15 is 0 Å². The lowest BCUT2D eigenvalue weighted by Crippen LogP contribution is -2.46. The van der Waals surface area contributed by atoms with Crippen LogP contribution in [0, 0.1) is 0 Å². The highest BCUT2D eigenvalue weighted by molar-refractivity contribution is 8.06. The lowest BCUT2D eigenvalue weighted by molar-refractivity contribution is -0.139. The quantitative estimate of drug-likeness (QED) is 0.817. The number of thioether (sulfide) groups is 2. The molecular weight excluding hydrogens is 230 g/mol. The molecule has 0 radical (unpaired) electrons. The molecule has 88 valence electrons. The van der Waals surface area contributed by atoms with Crippen LogP contribution in [0.1, 0.15) is 13.8 Å². The Kier molecular flexibility index (Phi) is 5.29. The van der Waals surface area contributed by atoms with Crippen molar-refractivity contribution >= 4 is 29.4 Å². The number of hydrogen-bond acceptors (Lipinski definition) is 4. The van der Waals surface area contributed by atoms with Gasteiger partial charge in [0.15, 0.2) is 0 Å². The van der Waals surface area contributed by atoms with Crippen LogP contribution in [0.25, 0.3) is 0 Å². The van der Waals surface area contributed by atoms with Crippen LogP contribution in [0.2, 0.25) is 0 Å². The third kappa shape index (κ3) is 4.25. The zero-order valence-electron chi connectivity index (χ0n) is 9.54. The van der Waals surface area contributed by atoms with Crippen molar-refractivity contribution in [2.45, 2.75) is 24.7 Å². The van der Waals surface area contributed by atoms with Gasteiger partial charge in [0.25, 0.3) is 5.91 Å². The summed E-state index contributed by atoms with van der Waals surface area (Å²) in [6, 6.07) is 0. The van der Waals surface area contributed by atoms with E-state index in [1.54, 1.807) is 21.0 Å². The Labute approximate surface area is 100 Å². The average molecular weight is 249 g/mol. The molecule has 0 saturated carbocycles. The molecule has 1 amide bonds. The van der Waals surface area contributed by atoms with Gasteiger partial charge in [-0.2, -0.15) is 23.5 Å². The van der Waals surface area contributed by atoms with E-state index < -0.39 is 5.60 Å². The van der Waals surface area contributed by atoms with Gasteiger partial charge in [-0.15, -0.1) is 0 Å². The highest BCUT2D eigenvalue weighted by Crippen LogP contribution is 2.23. The molecule has 1 N–H and O–H groups in total. The minimum Gasteiger partial charge on any atom is -0.369 e. The Morgan fingerprint density at radius 3 is 2.80 bits per heavy atom. The van der Waals surface area contributed by atoms with Crippen molar-refractivity contribution in [3.63, 3.8) is 0 Å². The van der Waals surface area contributed by atoms with Crippen molar-refractivity contribution in [3.8, 4) is 0 Å². The third-order valence-electron chi connectivity index (χ3n) is 2.43. The highest BCUT2D eigenvalue weighted by Gasteiger charge is 2.27. The van der Waals surface area contributed by atoms with Gasteiger partial charge in [0, 0.05) is 36.2 Å². The van der Waals surface area contributed by atoms with Gasteiger partial charge in [-0.25, -0.2) is 0 Å². The zero-order chi connectivity index (χ0) is 11.3. The Balaban J connectivity index is 2.26. The van der Waals surface area contributed by atoms with Crippen molar-refractivity contribution in [1.82, 2.24) is 5.32 Å². The van der Waals surface area contributed by atoms with E-state index in [1.165, 1.54) is 11.5 Å². The van der Waals surface area contributed by atoms with Gasteiger partial charge in [-0.05, 0) is 13.8 Å². The van der Waals surface area contributed by atoms with Crippen molar-refractivity contribution in [2.75, 3.05) is 30.9 Å². The van der Waals surface area contributed by atoms with Gasteiger partial charge in [0.1, 0.15) is 5.60 Å². The maximum Gasteiger partial charge on any atom is 0.251 e. The van der Waals surface area contributed by atoms with Crippen molar-refractivity contribution in [3.05, 3.63) is 0 Å². The van der Waals surface area contributed by atoms with E-state index in [1.807, 2.05) is 23.5 Å². The zero-order valence-corrected chi connectivity index (χ0v) is 11.2. The van der Waals surface area contributed by atoms with Crippen LogP contribution in [-0.4, -0.2) is 47.7 Å². The van der Waals surface area contributed by atoms with Crippen LogP contribution in [-0.2, 0) is 9.53 Å². The second-order valence-corrected chi connectivity index (χ2v) is 6.55. The van der Waals surface area contributed by atoms with Crippen molar-refractivity contribution in [1.29, 1.82) is 0 Å². The van der Waals surface area contributed by atoms with E-state index in [-0.39, 0.29) is 5.91 Å². The first-order valence-corrected chi connectivity index (χ1v) is 7.29. The Hall–Kier alpha value is 0.130. The highest BCUT2D eigenvalue weighted by atomic mass is 32.2. The number of ether oxygens (including phenoxy) is 1. The fraction of sp³-hybridized carbons (Fsp3) is 0.900. The molecule has 1 unspecified atom stereocenters. The molecule has 0 spiro atoms. The number of rotatable bonds is 4. The molecule has 3 nitrogen and oxygen atoms in total. The molecule has 0 aliphatic carbocycles. The Bertz CT molecular complexity index is 215. The number of carbonyl (C=O) groups is 1. The molecule has 15 heavy (non-hydrogen) atoms. The predicted molar refractivity (Wildman–Crippen MR) is 67.7 cm³/mol. The van der Waals surface area contributed by atoms with Crippen LogP contribution in [0.4, 0.5) is 0 Å². The summed E-state index contributed by atoms with van der Waals surface area (Å²) in [5.74, 6) is 3.54. The second kappa shape index (κ2) is 6.01. The number of nitrogens with one attached hydrogen (secondary N) is 1. The fourth-order valence-electron chi connectivity index (χ4n) is 1.17. The van der Waals surface area contributed by atoms with Crippen LogP contribution in [0.3, 0.4) is 0 Å². The smallest absolute Gasteiger partial charge is 0.251 e. The molecule has 0 aromatic carbocycles. The van der Waals surface area contributed by atoms with Crippen LogP contribution in [0.15, 0.2) is 0 Å². The maximum absolute atomic E-state index is 11.7. The minimum atomic E-state index is -0.716. The number of hydrogen-bond donors (Lipinski definition) is 1. The molecule has 0 aromatic heterocycles. The van der Waals surface area contributed by atoms with Crippen LogP contribution >= 0.6 is 23.5 Å². The van der Waals surface area contributed by atoms with E-state index in [9.17, 15) is 4.79 Å². The second-order valence-electron chi connectivity index (χ2n) is 3.99. The molecule has 5 heteroatoms. The summed E-state index contributed by atoms with van der Waals surface area (Å²) in [5.41, 5.74) is -0.716. The molecular formula is C10H19NO2S2. The number of methoxy groups -OCH3 is 1. The summed E-state index contributed by atoms with van der Waals surface area (Å²) in [6.07, 6.45) is 0. The first-order chi connectivity index (χ1) is 7.06. The summed E-state index contributed by atoms with van der Waals surface area (Å²) in [4.78, 5) is 11.7. The average Bonchev–Trinajstić information content (AvgIpc) is 2.27. The molecule has 0 bridgehead atoms. The molecule has 0 aromatic rings. The van der Waals surface area contributed by atoms with Gasteiger partial charge in [0.05, 0.1) is 0 Å². The van der Waals surface area contributed by atoms with Crippen LogP contribution < -0.4 is 5.32 Å². The van der Waals surface area contributed by atoms with Gasteiger partial charge in [-0.3, -0.25) is 4.79 Å². The Morgan fingerprint density at radius 1 is 1.53 bits per heavy atom. The summed E-state index contributed by atoms with van der Waals surface area (Å²) >= 11 is 3.91. The maximum atomic E-state index is 11.7. The standard InChI is InChI=1S/C10H19NO2S2/c1-10(2,13-3)9(12)11-6-8-7-14-4-5-15-8/h8H,4-7H2,1-3H3,(H,11,12). The van der Waals surface area contributed by atoms with Gasteiger partial charge < -0.3 is 10.1 Å². The lowest BCUT2D eigenvalue weighted by atomic mass is 10.1. The van der Waals surface area contributed by atoms with Crippen molar-refractivity contribution in [2.24, 2.45) is 0 Å². The summed E-state index contributed by atoms with van der Waals surface area (Å²) in [5, 5.41) is 3.50. The van der Waals surface area contributed by atoms with Crippen LogP contribution in [0.5, 0.6) is 0 Å². The van der Waals surface area contributed by atoms with E-state index in [2.05, 4.69) is 5.32 Å². The molecule has 1 saturated heterocycles. The number of carbonyl (C=O) groups excluding carboxylic acids is 1. The molecule has 1 rings (SSSR count). The minimum absolute atomic E-state index is 0.0267. The first-order valence-electron chi connectivity index (χ1n) is 5.09. The van der Waals surface area contributed by atoms with Gasteiger partial charge in [0.2, 0.25) is 0 Å². The monoisotopic (exact) mass is 249 g/mol. The molecule has 1 atom stereocenters. The van der Waals surface area contributed by atoms with E-state index in [4.69, 9.17) is 4.74 Å². The molecule has 1 fully saturated rings. The lowest BCUT2D eigenvalue weighted by Gasteiger charge is -2.25. The predicted octanol–water partition coefficient (Wildman–Crippen LogP) is 1.38. The molecule has 1 heterocycles. The fourth-order valence-corrected chi connectivity index (χ4v) is 3.78. The summed E-state index contributed by atoms with van der Waals surface area (Å²) < 4.78 is 5.12. The van der Waals surface area contributed by atoms with Crippen molar-refractivity contribution < 1.29 is 9.53 Å². The molecule has 1 aliphatic rings.